The van der Waals surface area contributed by atoms with Gasteiger partial charge in [0.25, 0.3) is 0 Å². The van der Waals surface area contributed by atoms with Gasteiger partial charge in [0.1, 0.15) is 11.5 Å². The lowest BCUT2D eigenvalue weighted by Crippen LogP contribution is -2.03. The van der Waals surface area contributed by atoms with Gasteiger partial charge >= 0.3 is 11.3 Å². The van der Waals surface area contributed by atoms with E-state index in [0.29, 0.717) is 44.7 Å². The van der Waals surface area contributed by atoms with Crippen LogP contribution in [0.3, 0.4) is 0 Å². The van der Waals surface area contributed by atoms with Crippen LogP contribution < -0.4 is 11.3 Å². The molecule has 0 fully saturated rings. The number of hydrogen-bond donors (Lipinski definition) is 2. The van der Waals surface area contributed by atoms with Crippen LogP contribution in [-0.4, -0.2) is 21.6 Å². The Hall–Kier alpha value is -5.50. The molecule has 0 amide bonds. The third kappa shape index (κ3) is 4.53. The quantitative estimate of drug-likeness (QED) is 0.172. The summed E-state index contributed by atoms with van der Waals surface area (Å²) in [6.07, 6.45) is 0. The molecule has 2 N–H and O–H groups in total. The molecule has 0 unspecified atom stereocenters. The van der Waals surface area contributed by atoms with Crippen LogP contribution in [0.2, 0.25) is 0 Å². The monoisotopic (exact) mass is 558 g/mol. The second-order valence-electron chi connectivity index (χ2n) is 10.2. The normalized spacial score (nSPS) is 12.5. The van der Waals surface area contributed by atoms with Gasteiger partial charge in [-0.2, -0.15) is 0 Å². The molecule has 6 aromatic rings. The maximum atomic E-state index is 12.2. The van der Waals surface area contributed by atoms with E-state index < -0.39 is 11.3 Å². The summed E-state index contributed by atoms with van der Waals surface area (Å²) >= 11 is 0. The van der Waals surface area contributed by atoms with Crippen molar-refractivity contribution in [2.75, 3.05) is 0 Å². The molecule has 0 aliphatic rings. The molecule has 0 saturated carbocycles. The van der Waals surface area contributed by atoms with Crippen molar-refractivity contribution in [1.29, 1.82) is 0 Å². The second kappa shape index (κ2) is 10.2. The van der Waals surface area contributed by atoms with Crippen LogP contribution >= 0.6 is 0 Å². The van der Waals surface area contributed by atoms with E-state index in [1.807, 2.05) is 50.2 Å². The van der Waals surface area contributed by atoms with Gasteiger partial charge < -0.3 is 19.0 Å². The van der Waals surface area contributed by atoms with E-state index in [1.165, 1.54) is 12.1 Å². The zero-order valence-corrected chi connectivity index (χ0v) is 23.4. The van der Waals surface area contributed by atoms with Gasteiger partial charge in [0, 0.05) is 28.3 Å². The minimum absolute atomic E-state index is 0.0601. The molecule has 0 bridgehead atoms. The van der Waals surface area contributed by atoms with E-state index in [9.17, 15) is 19.8 Å². The number of nitrogens with zero attached hydrogens (tertiary/aromatic N) is 2. The van der Waals surface area contributed by atoms with E-state index in [1.54, 1.807) is 38.1 Å². The largest absolute Gasteiger partial charge is 0.507 e. The first kappa shape index (κ1) is 26.7. The van der Waals surface area contributed by atoms with Crippen LogP contribution in [0.15, 0.2) is 101 Å². The molecule has 2 aromatic heterocycles. The first-order valence-corrected chi connectivity index (χ1v) is 13.3. The minimum Gasteiger partial charge on any atom is -0.507 e. The Labute approximate surface area is 239 Å². The Bertz CT molecular complexity index is 2100. The van der Waals surface area contributed by atoms with Crippen LogP contribution in [0, 0.1) is 13.8 Å². The van der Waals surface area contributed by atoms with Crippen molar-refractivity contribution in [3.8, 4) is 11.5 Å². The van der Waals surface area contributed by atoms with E-state index in [0.717, 1.165) is 21.9 Å². The molecule has 6 rings (SSSR count). The van der Waals surface area contributed by atoms with E-state index >= 15 is 0 Å². The van der Waals surface area contributed by atoms with Gasteiger partial charge in [0.15, 0.2) is 11.2 Å². The number of phenols is 2. The fourth-order valence-corrected chi connectivity index (χ4v) is 5.41. The average Bonchev–Trinajstić information content (AvgIpc) is 2.92. The van der Waals surface area contributed by atoms with Crippen molar-refractivity contribution in [1.82, 2.24) is 0 Å². The highest BCUT2D eigenvalue weighted by atomic mass is 16.4. The van der Waals surface area contributed by atoms with Crippen molar-refractivity contribution in [2.45, 2.75) is 27.7 Å². The predicted octanol–water partition coefficient (Wildman–Crippen LogP) is 7.36. The van der Waals surface area contributed by atoms with Gasteiger partial charge in [0.2, 0.25) is 0 Å². The maximum absolute atomic E-state index is 12.2. The summed E-state index contributed by atoms with van der Waals surface area (Å²) in [5.41, 5.74) is 3.66. The number of phenolic OH excluding ortho intramolecular Hbond substituents is 2. The number of rotatable bonds is 4. The van der Waals surface area contributed by atoms with Crippen molar-refractivity contribution in [3.63, 3.8) is 0 Å². The van der Waals surface area contributed by atoms with E-state index in [4.69, 9.17) is 18.8 Å². The van der Waals surface area contributed by atoms with Crippen molar-refractivity contribution >= 4 is 55.5 Å². The van der Waals surface area contributed by atoms with Gasteiger partial charge in [-0.15, -0.1) is 0 Å². The summed E-state index contributed by atoms with van der Waals surface area (Å²) in [5, 5.41) is 24.6. The topological polar surface area (TPSA) is 126 Å². The SMILES string of the molecule is CC(=Nc1cccc2cccc(N=C(C)c3c(O)ccc4c(C)cc(=O)oc34)c12)c1c(O)ccc2c(C)cc(=O)oc12. The number of hydrogen-bond acceptors (Lipinski definition) is 8. The Balaban J connectivity index is 1.57. The molecule has 0 spiro atoms. The lowest BCUT2D eigenvalue weighted by molar-refractivity contribution is 0.471. The lowest BCUT2D eigenvalue weighted by atomic mass is 10.0. The zero-order valence-electron chi connectivity index (χ0n) is 23.4. The predicted molar refractivity (Wildman–Crippen MR) is 165 cm³/mol. The Kier molecular flexibility index (Phi) is 6.46. The smallest absolute Gasteiger partial charge is 0.336 e. The third-order valence-electron chi connectivity index (χ3n) is 7.36. The van der Waals surface area contributed by atoms with Crippen LogP contribution in [0.5, 0.6) is 11.5 Å². The zero-order chi connectivity index (χ0) is 29.7. The maximum Gasteiger partial charge on any atom is 0.336 e. The van der Waals surface area contributed by atoms with Gasteiger partial charge in [0.05, 0.1) is 33.9 Å². The molecule has 8 nitrogen and oxygen atoms in total. The molecule has 0 radical (unpaired) electrons. The molecule has 0 atom stereocenters. The fourth-order valence-electron chi connectivity index (χ4n) is 5.41. The van der Waals surface area contributed by atoms with Crippen molar-refractivity contribution < 1.29 is 19.0 Å². The minimum atomic E-state index is -0.514. The summed E-state index contributed by atoms with van der Waals surface area (Å²) in [6, 6.07) is 20.6. The highest BCUT2D eigenvalue weighted by Gasteiger charge is 2.18. The molecule has 42 heavy (non-hydrogen) atoms. The number of fused-ring (bicyclic) bond motifs is 3. The number of aryl methyl sites for hydroxylation is 2. The fraction of sp³-hybridized carbons (Fsp3) is 0.118. The molecule has 2 heterocycles. The Morgan fingerprint density at radius 3 is 1.50 bits per heavy atom. The third-order valence-corrected chi connectivity index (χ3v) is 7.36. The summed E-state index contributed by atoms with van der Waals surface area (Å²) < 4.78 is 11.0. The van der Waals surface area contributed by atoms with Crippen molar-refractivity contribution in [2.24, 2.45) is 9.98 Å². The molecular formula is C34H26N2O6. The summed E-state index contributed by atoms with van der Waals surface area (Å²) in [5.74, 6) is -0.120. The van der Waals surface area contributed by atoms with Crippen molar-refractivity contribution in [3.05, 3.63) is 116 Å². The van der Waals surface area contributed by atoms with Crippen LogP contribution in [0.1, 0.15) is 36.1 Å². The van der Waals surface area contributed by atoms with Gasteiger partial charge in [-0.1, -0.05) is 24.3 Å². The Morgan fingerprint density at radius 1 is 0.643 bits per heavy atom. The Morgan fingerprint density at radius 2 is 1.07 bits per heavy atom. The molecule has 0 aliphatic heterocycles. The van der Waals surface area contributed by atoms with Crippen LogP contribution in [0.4, 0.5) is 11.4 Å². The van der Waals surface area contributed by atoms with E-state index in [2.05, 4.69) is 0 Å². The summed E-state index contributed by atoms with van der Waals surface area (Å²) in [6.45, 7) is 7.10. The highest BCUT2D eigenvalue weighted by Crippen LogP contribution is 2.38. The van der Waals surface area contributed by atoms with Crippen LogP contribution in [-0.2, 0) is 0 Å². The van der Waals surface area contributed by atoms with Gasteiger partial charge in [-0.05, 0) is 80.6 Å². The van der Waals surface area contributed by atoms with E-state index in [-0.39, 0.29) is 22.7 Å². The van der Waals surface area contributed by atoms with Crippen LogP contribution in [0.25, 0.3) is 32.7 Å². The number of aromatic hydroxyl groups is 2. The molecular weight excluding hydrogens is 532 g/mol. The average molecular weight is 559 g/mol. The van der Waals surface area contributed by atoms with Gasteiger partial charge in [-0.3, -0.25) is 9.98 Å². The molecule has 8 heteroatoms. The summed E-state index contributed by atoms with van der Waals surface area (Å²) in [4.78, 5) is 34.1. The standard InChI is InChI=1S/C34H26N2O6/c1-17-15-28(39)41-33-22(17)11-13-26(37)30(33)19(3)35-24-9-5-7-21-8-6-10-25(32(21)24)36-20(4)31-27(38)14-12-23-18(2)16-29(40)42-34(23)31/h5-16,37-38H,1-4H3. The highest BCUT2D eigenvalue weighted by molar-refractivity contribution is 6.15. The summed E-state index contributed by atoms with van der Waals surface area (Å²) in [7, 11) is 0. The number of benzene rings is 4. The second-order valence-corrected chi connectivity index (χ2v) is 10.2. The molecule has 0 aliphatic carbocycles. The first-order valence-electron chi connectivity index (χ1n) is 13.3. The lowest BCUT2D eigenvalue weighted by Gasteiger charge is -2.12. The molecule has 0 saturated heterocycles. The molecule has 4 aromatic carbocycles. The number of aliphatic imine (C=N–C) groups is 2. The van der Waals surface area contributed by atoms with Gasteiger partial charge in [-0.25, -0.2) is 9.59 Å². The first-order chi connectivity index (χ1) is 20.1. The molecule has 208 valence electrons.